The fraction of sp³-hybridized carbons (Fsp3) is 0.438. The molecule has 2 atom stereocenters. The fourth-order valence-corrected chi connectivity index (χ4v) is 2.40. The molecule has 2 amide bonds. The first-order valence-electron chi connectivity index (χ1n) is 7.26. The SMILES string of the molecule is CCC1(C)CC1C(=O)Nc1ccc(C(=O)NCC(=O)O)cc1. The molecule has 118 valence electrons. The molecule has 22 heavy (non-hydrogen) atoms. The van der Waals surface area contributed by atoms with Gasteiger partial charge < -0.3 is 15.7 Å². The highest BCUT2D eigenvalue weighted by Gasteiger charge is 2.52. The normalized spacial score (nSPS) is 22.7. The summed E-state index contributed by atoms with van der Waals surface area (Å²) in [6.45, 7) is 3.76. The summed E-state index contributed by atoms with van der Waals surface area (Å²) in [4.78, 5) is 34.1. The Morgan fingerprint density at radius 3 is 2.41 bits per heavy atom. The number of aliphatic carboxylic acids is 1. The summed E-state index contributed by atoms with van der Waals surface area (Å²) in [5, 5.41) is 13.6. The first kappa shape index (κ1) is 16.0. The van der Waals surface area contributed by atoms with E-state index in [0.717, 1.165) is 12.8 Å². The van der Waals surface area contributed by atoms with E-state index in [4.69, 9.17) is 5.11 Å². The third kappa shape index (κ3) is 3.63. The molecule has 1 aromatic rings. The average Bonchev–Trinajstić information content (AvgIpc) is 3.18. The number of carbonyl (C=O) groups excluding carboxylic acids is 2. The Morgan fingerprint density at radius 1 is 1.27 bits per heavy atom. The molecular weight excluding hydrogens is 284 g/mol. The van der Waals surface area contributed by atoms with Crippen molar-refractivity contribution >= 4 is 23.5 Å². The van der Waals surface area contributed by atoms with Crippen molar-refractivity contribution in [3.8, 4) is 0 Å². The van der Waals surface area contributed by atoms with Crippen LogP contribution in [0.4, 0.5) is 5.69 Å². The molecule has 1 aliphatic rings. The average molecular weight is 304 g/mol. The number of benzene rings is 1. The number of hydrogen-bond donors (Lipinski definition) is 3. The van der Waals surface area contributed by atoms with E-state index in [-0.39, 0.29) is 17.2 Å². The highest BCUT2D eigenvalue weighted by Crippen LogP contribution is 2.55. The molecule has 1 aromatic carbocycles. The number of hydrogen-bond acceptors (Lipinski definition) is 3. The molecule has 0 radical (unpaired) electrons. The molecule has 2 rings (SSSR count). The van der Waals surface area contributed by atoms with Gasteiger partial charge in [0.05, 0.1) is 0 Å². The summed E-state index contributed by atoms with van der Waals surface area (Å²) in [5.41, 5.74) is 1.09. The smallest absolute Gasteiger partial charge is 0.322 e. The maximum atomic E-state index is 12.1. The first-order valence-corrected chi connectivity index (χ1v) is 7.26. The fourth-order valence-electron chi connectivity index (χ4n) is 2.40. The minimum absolute atomic E-state index is 0.00688. The summed E-state index contributed by atoms with van der Waals surface area (Å²) in [6, 6.07) is 6.38. The summed E-state index contributed by atoms with van der Waals surface area (Å²) in [5.74, 6) is -1.50. The molecule has 0 aliphatic heterocycles. The number of amides is 2. The van der Waals surface area contributed by atoms with E-state index in [1.54, 1.807) is 24.3 Å². The van der Waals surface area contributed by atoms with E-state index in [2.05, 4.69) is 24.5 Å². The molecule has 6 heteroatoms. The lowest BCUT2D eigenvalue weighted by Gasteiger charge is -2.09. The predicted octanol–water partition coefficient (Wildman–Crippen LogP) is 1.88. The molecule has 0 heterocycles. The van der Waals surface area contributed by atoms with Gasteiger partial charge in [-0.2, -0.15) is 0 Å². The first-order chi connectivity index (χ1) is 10.4. The number of carboxylic acids is 1. The minimum atomic E-state index is -1.10. The Morgan fingerprint density at radius 2 is 1.91 bits per heavy atom. The molecule has 0 aromatic heterocycles. The van der Waals surface area contributed by atoms with E-state index in [1.165, 1.54) is 0 Å². The van der Waals surface area contributed by atoms with E-state index in [0.29, 0.717) is 11.3 Å². The zero-order valence-electron chi connectivity index (χ0n) is 12.7. The molecule has 0 spiro atoms. The Balaban J connectivity index is 1.91. The van der Waals surface area contributed by atoms with Gasteiger partial charge in [0.2, 0.25) is 5.91 Å². The molecule has 1 aliphatic carbocycles. The van der Waals surface area contributed by atoms with Crippen LogP contribution in [0.15, 0.2) is 24.3 Å². The molecule has 0 saturated heterocycles. The van der Waals surface area contributed by atoms with E-state index < -0.39 is 18.4 Å². The lowest BCUT2D eigenvalue weighted by molar-refractivity contribution is -0.135. The van der Waals surface area contributed by atoms with Gasteiger partial charge in [0.15, 0.2) is 0 Å². The number of nitrogens with one attached hydrogen (secondary N) is 2. The van der Waals surface area contributed by atoms with E-state index >= 15 is 0 Å². The highest BCUT2D eigenvalue weighted by molar-refractivity contribution is 5.98. The number of rotatable bonds is 6. The molecule has 1 fully saturated rings. The monoisotopic (exact) mass is 304 g/mol. The Kier molecular flexibility index (Phi) is 4.49. The number of carbonyl (C=O) groups is 3. The second kappa shape index (κ2) is 6.17. The second-order valence-electron chi connectivity index (χ2n) is 5.91. The third-order valence-corrected chi connectivity index (χ3v) is 4.29. The molecular formula is C16H20N2O4. The van der Waals surface area contributed by atoms with Crippen molar-refractivity contribution in [3.63, 3.8) is 0 Å². The van der Waals surface area contributed by atoms with Crippen LogP contribution < -0.4 is 10.6 Å². The maximum absolute atomic E-state index is 12.1. The lowest BCUT2D eigenvalue weighted by atomic mass is 10.0. The Labute approximate surface area is 128 Å². The van der Waals surface area contributed by atoms with Crippen LogP contribution in [0.5, 0.6) is 0 Å². The van der Waals surface area contributed by atoms with Crippen LogP contribution in [-0.4, -0.2) is 29.4 Å². The van der Waals surface area contributed by atoms with Crippen LogP contribution >= 0.6 is 0 Å². The Hall–Kier alpha value is -2.37. The summed E-state index contributed by atoms with van der Waals surface area (Å²) in [7, 11) is 0. The number of carboxylic acid groups (broad SMARTS) is 1. The second-order valence-corrected chi connectivity index (χ2v) is 5.91. The van der Waals surface area contributed by atoms with Crippen LogP contribution in [0.1, 0.15) is 37.0 Å². The van der Waals surface area contributed by atoms with Crippen LogP contribution in [0.3, 0.4) is 0 Å². The quantitative estimate of drug-likeness (QED) is 0.747. The summed E-state index contributed by atoms with van der Waals surface area (Å²) in [6.07, 6.45) is 1.89. The minimum Gasteiger partial charge on any atom is -0.480 e. The van der Waals surface area contributed by atoms with Crippen molar-refractivity contribution in [1.82, 2.24) is 5.32 Å². The van der Waals surface area contributed by atoms with Crippen LogP contribution in [0.25, 0.3) is 0 Å². The van der Waals surface area contributed by atoms with Gasteiger partial charge in [0, 0.05) is 17.2 Å². The third-order valence-electron chi connectivity index (χ3n) is 4.29. The van der Waals surface area contributed by atoms with E-state index in [1.807, 2.05) is 0 Å². The molecule has 1 saturated carbocycles. The zero-order valence-corrected chi connectivity index (χ0v) is 12.7. The topological polar surface area (TPSA) is 95.5 Å². The molecule has 3 N–H and O–H groups in total. The van der Waals surface area contributed by atoms with Gasteiger partial charge in [-0.1, -0.05) is 13.8 Å². The van der Waals surface area contributed by atoms with Gasteiger partial charge in [-0.05, 0) is 42.5 Å². The van der Waals surface area contributed by atoms with Gasteiger partial charge in [-0.3, -0.25) is 14.4 Å². The highest BCUT2D eigenvalue weighted by atomic mass is 16.4. The standard InChI is InChI=1S/C16H20N2O4/c1-3-16(2)8-12(16)15(22)18-11-6-4-10(5-7-11)14(21)17-9-13(19)20/h4-7,12H,3,8-9H2,1-2H3,(H,17,21)(H,18,22)(H,19,20). The van der Waals surface area contributed by atoms with Gasteiger partial charge in [0.1, 0.15) is 6.54 Å². The zero-order chi connectivity index (χ0) is 16.3. The number of anilines is 1. The van der Waals surface area contributed by atoms with Crippen LogP contribution in [0, 0.1) is 11.3 Å². The molecule has 0 bridgehead atoms. The van der Waals surface area contributed by atoms with Gasteiger partial charge in [0.25, 0.3) is 5.91 Å². The van der Waals surface area contributed by atoms with Crippen LogP contribution in [-0.2, 0) is 9.59 Å². The summed E-state index contributed by atoms with van der Waals surface area (Å²) < 4.78 is 0. The molecule has 6 nitrogen and oxygen atoms in total. The van der Waals surface area contributed by atoms with Crippen molar-refractivity contribution in [3.05, 3.63) is 29.8 Å². The van der Waals surface area contributed by atoms with Crippen molar-refractivity contribution in [1.29, 1.82) is 0 Å². The molecule has 2 unspecified atom stereocenters. The van der Waals surface area contributed by atoms with Crippen molar-refractivity contribution in [2.45, 2.75) is 26.7 Å². The summed E-state index contributed by atoms with van der Waals surface area (Å²) >= 11 is 0. The predicted molar refractivity (Wildman–Crippen MR) is 81.5 cm³/mol. The largest absolute Gasteiger partial charge is 0.480 e. The van der Waals surface area contributed by atoms with Gasteiger partial charge >= 0.3 is 5.97 Å². The lowest BCUT2D eigenvalue weighted by Crippen LogP contribution is -2.29. The maximum Gasteiger partial charge on any atom is 0.322 e. The van der Waals surface area contributed by atoms with Gasteiger partial charge in [-0.15, -0.1) is 0 Å². The van der Waals surface area contributed by atoms with Gasteiger partial charge in [-0.25, -0.2) is 0 Å². The van der Waals surface area contributed by atoms with Crippen LogP contribution in [0.2, 0.25) is 0 Å². The van der Waals surface area contributed by atoms with E-state index in [9.17, 15) is 14.4 Å². The van der Waals surface area contributed by atoms with Crippen molar-refractivity contribution < 1.29 is 19.5 Å². The Bertz CT molecular complexity index is 597. The van der Waals surface area contributed by atoms with Crippen molar-refractivity contribution in [2.24, 2.45) is 11.3 Å². The van der Waals surface area contributed by atoms with Crippen molar-refractivity contribution in [2.75, 3.05) is 11.9 Å².